The molecule has 0 radical (unpaired) electrons. The summed E-state index contributed by atoms with van der Waals surface area (Å²) >= 11 is 6.41. The number of methoxy groups -OCH3 is 1. The summed E-state index contributed by atoms with van der Waals surface area (Å²) in [6, 6.07) is 12.0. The molecule has 0 aliphatic heterocycles. The van der Waals surface area contributed by atoms with Crippen LogP contribution < -0.4 is 10.1 Å². The fraction of sp³-hybridized carbons (Fsp3) is 0.304. The maximum atomic E-state index is 13.0. The first-order valence-corrected chi connectivity index (χ1v) is 9.78. The van der Waals surface area contributed by atoms with Crippen LogP contribution in [0.1, 0.15) is 49.2 Å². The lowest BCUT2D eigenvalue weighted by atomic mass is 9.85. The third-order valence-electron chi connectivity index (χ3n) is 4.66. The van der Waals surface area contributed by atoms with Crippen LogP contribution in [0, 0.1) is 5.41 Å². The van der Waals surface area contributed by atoms with Gasteiger partial charge in [-0.15, -0.1) is 0 Å². The molecule has 0 saturated carbocycles. The van der Waals surface area contributed by atoms with Crippen LogP contribution in [0.15, 0.2) is 48.7 Å². The lowest BCUT2D eigenvalue weighted by Gasteiger charge is -2.28. The highest BCUT2D eigenvalue weighted by molar-refractivity contribution is 6.31. The van der Waals surface area contributed by atoms with Crippen LogP contribution in [0.3, 0.4) is 0 Å². The molecule has 1 heterocycles. The highest BCUT2D eigenvalue weighted by atomic mass is 35.5. The molecular weight excluding hydrogens is 388 g/mol. The van der Waals surface area contributed by atoms with Gasteiger partial charge in [0, 0.05) is 28.2 Å². The van der Waals surface area contributed by atoms with E-state index in [1.54, 1.807) is 18.3 Å². The van der Waals surface area contributed by atoms with Gasteiger partial charge in [-0.05, 0) is 47.7 Å². The zero-order chi connectivity index (χ0) is 21.2. The topological polar surface area (TPSA) is 71.5 Å². The number of halogens is 1. The first-order valence-electron chi connectivity index (χ1n) is 9.40. The minimum absolute atomic E-state index is 0.0379. The van der Waals surface area contributed by atoms with Gasteiger partial charge < -0.3 is 15.2 Å². The number of carbonyl (C=O) groups excluding carboxylic acids is 1. The molecular formula is C23H25ClN2O3. The van der Waals surface area contributed by atoms with Crippen molar-refractivity contribution in [2.45, 2.75) is 33.2 Å². The second-order valence-corrected chi connectivity index (χ2v) is 8.65. The maximum Gasteiger partial charge on any atom is 0.251 e. The van der Waals surface area contributed by atoms with Gasteiger partial charge >= 0.3 is 0 Å². The summed E-state index contributed by atoms with van der Waals surface area (Å²) in [5, 5.41) is 14.4. The van der Waals surface area contributed by atoms with Crippen LogP contribution in [0.5, 0.6) is 11.5 Å². The average Bonchev–Trinajstić information content (AvgIpc) is 2.66. The van der Waals surface area contributed by atoms with E-state index >= 15 is 0 Å². The summed E-state index contributed by atoms with van der Waals surface area (Å²) < 4.78 is 5.23. The second kappa shape index (κ2) is 8.29. The van der Waals surface area contributed by atoms with Gasteiger partial charge in [-0.3, -0.25) is 9.78 Å². The Bertz CT molecular complexity index is 1040. The minimum atomic E-state index is -0.353. The molecule has 2 aromatic carbocycles. The Kier molecular flexibility index (Phi) is 5.99. The first kappa shape index (κ1) is 20.9. The molecule has 1 amide bonds. The number of phenols is 1. The zero-order valence-corrected chi connectivity index (χ0v) is 17.7. The fourth-order valence-electron chi connectivity index (χ4n) is 3.30. The van der Waals surface area contributed by atoms with E-state index in [1.165, 1.54) is 13.2 Å². The molecule has 29 heavy (non-hydrogen) atoms. The van der Waals surface area contributed by atoms with Gasteiger partial charge in [-0.2, -0.15) is 0 Å². The number of hydrogen-bond acceptors (Lipinski definition) is 4. The lowest BCUT2D eigenvalue weighted by Crippen LogP contribution is -2.31. The molecule has 0 bridgehead atoms. The quantitative estimate of drug-likeness (QED) is 0.579. The predicted octanol–water partition coefficient (Wildman–Crippen LogP) is 5.51. The maximum absolute atomic E-state index is 13.0. The van der Waals surface area contributed by atoms with Gasteiger partial charge in [-0.1, -0.05) is 38.4 Å². The number of hydrogen-bond donors (Lipinski definition) is 2. The van der Waals surface area contributed by atoms with Crippen molar-refractivity contribution in [3.05, 3.63) is 64.8 Å². The smallest absolute Gasteiger partial charge is 0.251 e. The number of nitrogens with zero attached hydrogens (tertiary/aromatic N) is 1. The Hall–Kier alpha value is -2.79. The number of pyridine rings is 1. The third-order valence-corrected chi connectivity index (χ3v) is 4.99. The molecule has 0 unspecified atom stereocenters. The number of fused-ring (bicyclic) bond motifs is 1. The van der Waals surface area contributed by atoms with Crippen LogP contribution >= 0.6 is 11.6 Å². The van der Waals surface area contributed by atoms with Crippen molar-refractivity contribution in [2.24, 2.45) is 5.41 Å². The molecule has 2 N–H and O–H groups in total. The SMILES string of the molecule is COc1cc([C@@H](CC(C)(C)C)NC(=O)c2ccc3ncccc3c2)c(Cl)cc1O. The van der Waals surface area contributed by atoms with Gasteiger partial charge in [-0.25, -0.2) is 0 Å². The summed E-state index contributed by atoms with van der Waals surface area (Å²) in [7, 11) is 1.48. The zero-order valence-electron chi connectivity index (χ0n) is 17.0. The molecule has 0 aliphatic carbocycles. The third kappa shape index (κ3) is 4.98. The summed E-state index contributed by atoms with van der Waals surface area (Å²) in [5.74, 6) is 0.0755. The lowest BCUT2D eigenvalue weighted by molar-refractivity contribution is 0.0926. The number of carbonyl (C=O) groups is 1. The van der Waals surface area contributed by atoms with Crippen molar-refractivity contribution in [3.8, 4) is 11.5 Å². The summed E-state index contributed by atoms with van der Waals surface area (Å²) in [6.07, 6.45) is 2.38. The Morgan fingerprint density at radius 2 is 2.00 bits per heavy atom. The number of aromatic hydroxyl groups is 1. The van der Waals surface area contributed by atoms with Gasteiger partial charge in [0.25, 0.3) is 5.91 Å². The van der Waals surface area contributed by atoms with E-state index in [9.17, 15) is 9.90 Å². The van der Waals surface area contributed by atoms with Crippen molar-refractivity contribution in [2.75, 3.05) is 7.11 Å². The number of nitrogens with one attached hydrogen (secondary N) is 1. The number of aromatic nitrogens is 1. The van der Waals surface area contributed by atoms with Gasteiger partial charge in [0.1, 0.15) is 0 Å². The van der Waals surface area contributed by atoms with Crippen LogP contribution in [0.4, 0.5) is 0 Å². The molecule has 0 spiro atoms. The fourth-order valence-corrected chi connectivity index (χ4v) is 3.59. The highest BCUT2D eigenvalue weighted by Gasteiger charge is 2.25. The molecule has 0 aliphatic rings. The number of benzene rings is 2. The van der Waals surface area contributed by atoms with E-state index in [1.807, 2.05) is 24.3 Å². The Balaban J connectivity index is 1.96. The van der Waals surface area contributed by atoms with Crippen LogP contribution in [0.25, 0.3) is 10.9 Å². The molecule has 3 rings (SSSR count). The van der Waals surface area contributed by atoms with Crippen LogP contribution in [-0.4, -0.2) is 23.1 Å². The molecule has 6 heteroatoms. The van der Waals surface area contributed by atoms with Crippen LogP contribution in [-0.2, 0) is 0 Å². The van der Waals surface area contributed by atoms with Crippen molar-refractivity contribution in [3.63, 3.8) is 0 Å². The molecule has 5 nitrogen and oxygen atoms in total. The minimum Gasteiger partial charge on any atom is -0.504 e. The molecule has 152 valence electrons. The summed E-state index contributed by atoms with van der Waals surface area (Å²) in [4.78, 5) is 17.3. The molecule has 0 saturated heterocycles. The monoisotopic (exact) mass is 412 g/mol. The van der Waals surface area contributed by atoms with Gasteiger partial charge in [0.05, 0.1) is 18.7 Å². The normalized spacial score (nSPS) is 12.6. The average molecular weight is 413 g/mol. The summed E-state index contributed by atoms with van der Waals surface area (Å²) in [5.41, 5.74) is 2.01. The van der Waals surface area contributed by atoms with E-state index in [2.05, 4.69) is 31.1 Å². The second-order valence-electron chi connectivity index (χ2n) is 8.25. The van der Waals surface area contributed by atoms with Gasteiger partial charge in [0.15, 0.2) is 11.5 Å². The highest BCUT2D eigenvalue weighted by Crippen LogP contribution is 2.39. The number of ether oxygens (including phenoxy) is 1. The molecule has 3 aromatic rings. The number of rotatable bonds is 5. The van der Waals surface area contributed by atoms with Crippen molar-refractivity contribution >= 4 is 28.4 Å². The molecule has 1 aromatic heterocycles. The van der Waals surface area contributed by atoms with E-state index in [0.29, 0.717) is 28.3 Å². The Morgan fingerprint density at radius 1 is 1.24 bits per heavy atom. The van der Waals surface area contributed by atoms with Crippen LogP contribution in [0.2, 0.25) is 5.02 Å². The van der Waals surface area contributed by atoms with Crippen molar-refractivity contribution in [1.29, 1.82) is 0 Å². The first-order chi connectivity index (χ1) is 13.7. The number of amides is 1. The standard InChI is InChI=1S/C23H25ClN2O3/c1-23(2,3)13-19(16-11-21(29-4)20(27)12-17(16)24)26-22(28)15-7-8-18-14(10-15)6-5-9-25-18/h5-12,19,27H,13H2,1-4H3,(H,26,28)/t19-/m1/s1. The largest absolute Gasteiger partial charge is 0.504 e. The van der Waals surface area contributed by atoms with Crippen molar-refractivity contribution in [1.82, 2.24) is 10.3 Å². The predicted molar refractivity (Wildman–Crippen MR) is 116 cm³/mol. The van der Waals surface area contributed by atoms with E-state index < -0.39 is 0 Å². The molecule has 0 fully saturated rings. The Labute approximate surface area is 175 Å². The number of phenolic OH excluding ortho intramolecular Hbond substituents is 1. The Morgan fingerprint density at radius 3 is 2.69 bits per heavy atom. The van der Waals surface area contributed by atoms with E-state index in [0.717, 1.165) is 10.9 Å². The van der Waals surface area contributed by atoms with Crippen molar-refractivity contribution < 1.29 is 14.6 Å². The summed E-state index contributed by atoms with van der Waals surface area (Å²) in [6.45, 7) is 6.29. The van der Waals surface area contributed by atoms with E-state index in [-0.39, 0.29) is 23.1 Å². The van der Waals surface area contributed by atoms with Gasteiger partial charge in [0.2, 0.25) is 0 Å². The van der Waals surface area contributed by atoms with E-state index in [4.69, 9.17) is 16.3 Å². The molecule has 1 atom stereocenters.